The zero-order valence-electron chi connectivity index (χ0n) is 10.2. The van der Waals surface area contributed by atoms with Crippen molar-refractivity contribution in [3.05, 3.63) is 70.0 Å². The number of nitro groups is 1. The number of hydrogen-bond donors (Lipinski definition) is 1. The fourth-order valence-corrected chi connectivity index (χ4v) is 1.75. The first-order valence-corrected chi connectivity index (χ1v) is 5.88. The molecule has 5 heteroatoms. The first kappa shape index (κ1) is 13.0. The molecule has 0 aliphatic carbocycles. The highest BCUT2D eigenvalue weighted by atomic mass is 19.1. The van der Waals surface area contributed by atoms with Crippen molar-refractivity contribution >= 4 is 11.4 Å². The van der Waals surface area contributed by atoms with Crippen molar-refractivity contribution in [1.29, 1.82) is 0 Å². The molecule has 2 rings (SSSR count). The van der Waals surface area contributed by atoms with Crippen LogP contribution in [0.3, 0.4) is 0 Å². The Bertz CT molecular complexity index is 573. The molecule has 0 atom stereocenters. The number of anilines is 1. The van der Waals surface area contributed by atoms with Crippen LogP contribution in [0.15, 0.2) is 48.5 Å². The molecule has 0 heterocycles. The van der Waals surface area contributed by atoms with Crippen molar-refractivity contribution in [3.63, 3.8) is 0 Å². The minimum absolute atomic E-state index is 0.244. The van der Waals surface area contributed by atoms with Gasteiger partial charge in [-0.25, -0.2) is 4.39 Å². The first-order valence-electron chi connectivity index (χ1n) is 5.88. The van der Waals surface area contributed by atoms with Crippen LogP contribution in [-0.2, 0) is 6.42 Å². The third-order valence-corrected chi connectivity index (χ3v) is 2.74. The highest BCUT2D eigenvalue weighted by molar-refractivity contribution is 5.50. The second-order valence-corrected chi connectivity index (χ2v) is 4.08. The van der Waals surface area contributed by atoms with Crippen LogP contribution in [0.1, 0.15) is 5.56 Å². The van der Waals surface area contributed by atoms with E-state index in [0.29, 0.717) is 6.54 Å². The van der Waals surface area contributed by atoms with E-state index >= 15 is 0 Å². The molecule has 2 aromatic carbocycles. The van der Waals surface area contributed by atoms with Gasteiger partial charge in [-0.3, -0.25) is 10.1 Å². The van der Waals surface area contributed by atoms with Crippen molar-refractivity contribution < 1.29 is 9.31 Å². The third kappa shape index (κ3) is 3.51. The molecular weight excluding hydrogens is 247 g/mol. The molecule has 98 valence electrons. The molecule has 0 saturated heterocycles. The van der Waals surface area contributed by atoms with E-state index in [2.05, 4.69) is 5.32 Å². The Labute approximate surface area is 110 Å². The van der Waals surface area contributed by atoms with Gasteiger partial charge in [-0.15, -0.1) is 0 Å². The quantitative estimate of drug-likeness (QED) is 0.662. The topological polar surface area (TPSA) is 55.2 Å². The Morgan fingerprint density at radius 1 is 1.16 bits per heavy atom. The Hall–Kier alpha value is -2.43. The first-order chi connectivity index (χ1) is 9.16. The molecule has 0 aliphatic heterocycles. The van der Waals surface area contributed by atoms with E-state index in [1.54, 1.807) is 0 Å². The molecule has 1 N–H and O–H groups in total. The summed E-state index contributed by atoms with van der Waals surface area (Å²) in [6.45, 7) is 0.568. The van der Waals surface area contributed by atoms with E-state index in [1.165, 1.54) is 12.1 Å². The van der Waals surface area contributed by atoms with E-state index in [4.69, 9.17) is 0 Å². The summed E-state index contributed by atoms with van der Waals surface area (Å²) < 4.78 is 13.6. The summed E-state index contributed by atoms with van der Waals surface area (Å²) >= 11 is 0. The van der Waals surface area contributed by atoms with E-state index in [9.17, 15) is 14.5 Å². The smallest absolute Gasteiger partial charge is 0.272 e. The maximum absolute atomic E-state index is 13.6. The summed E-state index contributed by atoms with van der Waals surface area (Å²) in [5, 5.41) is 13.4. The number of halogens is 1. The van der Waals surface area contributed by atoms with Crippen LogP contribution >= 0.6 is 0 Å². The number of hydrogen-bond acceptors (Lipinski definition) is 3. The van der Waals surface area contributed by atoms with Gasteiger partial charge in [0.05, 0.1) is 16.7 Å². The number of benzene rings is 2. The molecule has 0 amide bonds. The summed E-state index contributed by atoms with van der Waals surface area (Å²) in [7, 11) is 0. The van der Waals surface area contributed by atoms with Crippen molar-refractivity contribution in [1.82, 2.24) is 0 Å². The maximum atomic E-state index is 13.6. The van der Waals surface area contributed by atoms with E-state index in [0.717, 1.165) is 18.1 Å². The Balaban J connectivity index is 1.95. The van der Waals surface area contributed by atoms with Crippen molar-refractivity contribution in [2.45, 2.75) is 6.42 Å². The lowest BCUT2D eigenvalue weighted by molar-refractivity contribution is -0.385. The Morgan fingerprint density at radius 2 is 1.89 bits per heavy atom. The molecule has 0 bridgehead atoms. The normalized spacial score (nSPS) is 10.2. The average Bonchev–Trinajstić information content (AvgIpc) is 2.41. The fourth-order valence-electron chi connectivity index (χ4n) is 1.75. The lowest BCUT2D eigenvalue weighted by atomic mass is 10.1. The predicted octanol–water partition coefficient (Wildman–Crippen LogP) is 3.39. The minimum Gasteiger partial charge on any atom is -0.382 e. The summed E-state index contributed by atoms with van der Waals surface area (Å²) in [6, 6.07) is 13.4. The van der Waals surface area contributed by atoms with Gasteiger partial charge in [0.15, 0.2) is 5.82 Å². The zero-order chi connectivity index (χ0) is 13.7. The van der Waals surface area contributed by atoms with Gasteiger partial charge in [0.25, 0.3) is 5.69 Å². The van der Waals surface area contributed by atoms with E-state index in [-0.39, 0.29) is 11.4 Å². The minimum atomic E-state index is -0.614. The molecule has 0 aliphatic rings. The van der Waals surface area contributed by atoms with Crippen LogP contribution in [0.4, 0.5) is 15.8 Å². The number of nitro benzene ring substituents is 1. The molecule has 2 aromatic rings. The van der Waals surface area contributed by atoms with E-state index < -0.39 is 10.7 Å². The molecule has 0 saturated carbocycles. The van der Waals surface area contributed by atoms with Gasteiger partial charge in [0, 0.05) is 12.6 Å². The number of rotatable bonds is 5. The van der Waals surface area contributed by atoms with Crippen molar-refractivity contribution in [2.24, 2.45) is 0 Å². The standard InChI is InChI=1S/C14H13FN2O2/c15-13-10-12(17(18)19)6-7-14(13)16-9-8-11-4-2-1-3-5-11/h1-7,10,16H,8-9H2. The molecule has 19 heavy (non-hydrogen) atoms. The Morgan fingerprint density at radius 3 is 2.53 bits per heavy atom. The molecule has 4 nitrogen and oxygen atoms in total. The average molecular weight is 260 g/mol. The number of nitrogens with zero attached hydrogens (tertiary/aromatic N) is 1. The highest BCUT2D eigenvalue weighted by Gasteiger charge is 2.09. The lowest BCUT2D eigenvalue weighted by Gasteiger charge is -2.07. The van der Waals surface area contributed by atoms with Gasteiger partial charge in [0.1, 0.15) is 0 Å². The molecule has 0 spiro atoms. The number of non-ortho nitro benzene ring substituents is 1. The molecule has 0 radical (unpaired) electrons. The zero-order valence-corrected chi connectivity index (χ0v) is 10.2. The van der Waals surface area contributed by atoms with Gasteiger partial charge >= 0.3 is 0 Å². The van der Waals surface area contributed by atoms with Crippen LogP contribution < -0.4 is 5.32 Å². The fraction of sp³-hybridized carbons (Fsp3) is 0.143. The van der Waals surface area contributed by atoms with Crippen LogP contribution in [0, 0.1) is 15.9 Å². The Kier molecular flexibility index (Phi) is 4.07. The molecule has 0 aromatic heterocycles. The molecular formula is C14H13FN2O2. The summed E-state index contributed by atoms with van der Waals surface area (Å²) in [5.41, 5.74) is 1.19. The highest BCUT2D eigenvalue weighted by Crippen LogP contribution is 2.20. The summed E-state index contributed by atoms with van der Waals surface area (Å²) in [6.07, 6.45) is 0.761. The van der Waals surface area contributed by atoms with Crippen molar-refractivity contribution in [2.75, 3.05) is 11.9 Å². The predicted molar refractivity (Wildman–Crippen MR) is 71.7 cm³/mol. The second-order valence-electron chi connectivity index (χ2n) is 4.08. The molecule has 0 fully saturated rings. The summed E-state index contributed by atoms with van der Waals surface area (Å²) in [5.74, 6) is -0.609. The third-order valence-electron chi connectivity index (χ3n) is 2.74. The van der Waals surface area contributed by atoms with E-state index in [1.807, 2.05) is 30.3 Å². The van der Waals surface area contributed by atoms with Crippen LogP contribution in [-0.4, -0.2) is 11.5 Å². The van der Waals surface area contributed by atoms with Gasteiger partial charge in [-0.1, -0.05) is 30.3 Å². The SMILES string of the molecule is O=[N+]([O-])c1ccc(NCCc2ccccc2)c(F)c1. The van der Waals surface area contributed by atoms with Gasteiger partial charge < -0.3 is 5.32 Å². The monoisotopic (exact) mass is 260 g/mol. The van der Waals surface area contributed by atoms with Crippen molar-refractivity contribution in [3.8, 4) is 0 Å². The van der Waals surface area contributed by atoms with Crippen LogP contribution in [0.5, 0.6) is 0 Å². The summed E-state index contributed by atoms with van der Waals surface area (Å²) in [4.78, 5) is 9.87. The second kappa shape index (κ2) is 5.95. The van der Waals surface area contributed by atoms with Gasteiger partial charge in [-0.05, 0) is 18.1 Å². The van der Waals surface area contributed by atoms with Crippen LogP contribution in [0.2, 0.25) is 0 Å². The molecule has 0 unspecified atom stereocenters. The van der Waals surface area contributed by atoms with Gasteiger partial charge in [0.2, 0.25) is 0 Å². The maximum Gasteiger partial charge on any atom is 0.272 e. The lowest BCUT2D eigenvalue weighted by Crippen LogP contribution is -2.06. The van der Waals surface area contributed by atoms with Gasteiger partial charge in [-0.2, -0.15) is 0 Å². The van der Waals surface area contributed by atoms with Crippen LogP contribution in [0.25, 0.3) is 0 Å². The number of nitrogens with one attached hydrogen (secondary N) is 1. The largest absolute Gasteiger partial charge is 0.382 e.